The van der Waals surface area contributed by atoms with Crippen LogP contribution in [0.2, 0.25) is 0 Å². The van der Waals surface area contributed by atoms with Crippen LogP contribution in [0.5, 0.6) is 0 Å². The van der Waals surface area contributed by atoms with Crippen LogP contribution in [-0.4, -0.2) is 121 Å². The number of carboxylic acid groups (broad SMARTS) is 2. The number of carbonyl (C=O) groups excluding carboxylic acids is 1. The Labute approximate surface area is 390 Å². The number of likely N-dealkylation sites (tertiary alicyclic amines) is 1. The van der Waals surface area contributed by atoms with Gasteiger partial charge in [0, 0.05) is 55.9 Å². The van der Waals surface area contributed by atoms with Gasteiger partial charge in [-0.3, -0.25) is 57.1 Å². The van der Waals surface area contributed by atoms with Gasteiger partial charge in [-0.2, -0.15) is 0 Å². The van der Waals surface area contributed by atoms with Gasteiger partial charge in [0.25, 0.3) is 16.7 Å². The van der Waals surface area contributed by atoms with E-state index in [1.54, 1.807) is 44.4 Å². The molecule has 7 N–H and O–H groups in total. The SMILES string of the molecule is Cn1c(=O)c2[nH]cnc2n(C)c1=O.Cn1c(=O)c2c(ncn2C)n(C)c1=O.Cn1cnc2c1c(=O)[nH]c(=O)n2C.NCCCC[C@H](N[C@@H](CCc1ccccc1)C(=O)O)C(=O)N1CCC[C@H]1C(=O)O. The van der Waals surface area contributed by atoms with Gasteiger partial charge < -0.3 is 35.0 Å². The average molecular weight is 960 g/mol. The van der Waals surface area contributed by atoms with Crippen molar-refractivity contribution in [3.63, 3.8) is 0 Å². The molecule has 69 heavy (non-hydrogen) atoms. The lowest BCUT2D eigenvalue weighted by Gasteiger charge is -2.29. The summed E-state index contributed by atoms with van der Waals surface area (Å²) in [6.07, 6.45) is 8.18. The first kappa shape index (κ1) is 52.0. The highest BCUT2D eigenvalue weighted by Gasteiger charge is 2.38. The summed E-state index contributed by atoms with van der Waals surface area (Å²) in [5.41, 5.74) is 6.72. The quantitative estimate of drug-likeness (QED) is 0.0731. The number of hydrogen-bond donors (Lipinski definition) is 6. The van der Waals surface area contributed by atoms with Crippen molar-refractivity contribution in [2.75, 3.05) is 13.1 Å². The highest BCUT2D eigenvalue weighted by molar-refractivity contribution is 5.88. The number of nitrogens with zero attached hydrogens (tertiary/aromatic N) is 11. The van der Waals surface area contributed by atoms with Crippen molar-refractivity contribution in [1.82, 2.24) is 67.1 Å². The van der Waals surface area contributed by atoms with Crippen molar-refractivity contribution < 1.29 is 24.6 Å². The zero-order valence-electron chi connectivity index (χ0n) is 39.3. The van der Waals surface area contributed by atoms with E-state index in [2.05, 4.69) is 30.2 Å². The van der Waals surface area contributed by atoms with Crippen LogP contribution < -0.4 is 44.8 Å². The molecule has 7 heterocycles. The molecule has 7 aromatic rings. The van der Waals surface area contributed by atoms with Crippen LogP contribution in [0.15, 0.2) is 78.1 Å². The Morgan fingerprint density at radius 1 is 0.739 bits per heavy atom. The molecule has 370 valence electrons. The molecule has 26 heteroatoms. The topological polar surface area (TPSA) is 340 Å². The van der Waals surface area contributed by atoms with Crippen LogP contribution >= 0.6 is 0 Å². The Balaban J connectivity index is 0.000000185. The minimum absolute atomic E-state index is 0.317. The second-order valence-corrected chi connectivity index (χ2v) is 16.3. The number of hydrogen-bond acceptors (Lipinski definition) is 14. The maximum Gasteiger partial charge on any atom is 0.332 e. The number of fused-ring (bicyclic) bond motifs is 3. The zero-order valence-corrected chi connectivity index (χ0v) is 39.3. The fourth-order valence-electron chi connectivity index (χ4n) is 7.74. The molecule has 1 aliphatic heterocycles. The summed E-state index contributed by atoms with van der Waals surface area (Å²) < 4.78 is 9.29. The molecule has 6 aromatic heterocycles. The normalized spacial score (nSPS) is 14.1. The summed E-state index contributed by atoms with van der Waals surface area (Å²) in [6, 6.07) is 7.10. The summed E-state index contributed by atoms with van der Waals surface area (Å²) in [4.78, 5) is 123. The molecule has 1 aliphatic rings. The van der Waals surface area contributed by atoms with Gasteiger partial charge in [0.1, 0.15) is 17.6 Å². The molecule has 1 amide bonds. The van der Waals surface area contributed by atoms with Gasteiger partial charge in [-0.25, -0.2) is 34.1 Å². The third-order valence-electron chi connectivity index (χ3n) is 11.7. The average Bonchev–Trinajstić information content (AvgIpc) is 4.17. The van der Waals surface area contributed by atoms with Gasteiger partial charge >= 0.3 is 29.0 Å². The van der Waals surface area contributed by atoms with Crippen LogP contribution in [0.25, 0.3) is 33.5 Å². The van der Waals surface area contributed by atoms with Gasteiger partial charge in [-0.05, 0) is 50.6 Å². The fraction of sp³-hybridized carbons (Fsp3) is 0.442. The van der Waals surface area contributed by atoms with E-state index in [-0.39, 0.29) is 28.4 Å². The van der Waals surface area contributed by atoms with E-state index < -0.39 is 41.3 Å². The molecule has 3 atom stereocenters. The van der Waals surface area contributed by atoms with E-state index in [0.29, 0.717) is 85.1 Å². The highest BCUT2D eigenvalue weighted by atomic mass is 16.4. The number of rotatable bonds is 12. The van der Waals surface area contributed by atoms with Crippen LogP contribution in [0.1, 0.15) is 44.1 Å². The largest absolute Gasteiger partial charge is 0.480 e. The molecule has 0 unspecified atom stereocenters. The fourth-order valence-corrected chi connectivity index (χ4v) is 7.74. The van der Waals surface area contributed by atoms with Crippen LogP contribution in [0.4, 0.5) is 0 Å². The standard InChI is InChI=1S/C21H31N3O5.C8H10N4O2.2C7H8N4O2/c22-13-5-4-9-16(19(25)24-14-6-10-18(24)21(28)29)23-17(20(26)27)12-11-15-7-2-1-3-8-15;1-10-4-9-6-5(10)7(13)12(3)8(14)11(6)2;1-10-3-8-5-4(10)6(12)9-7(13)11(5)2;1-10-5-4(8-3-9-5)6(12)11(2)7(10)13/h1-3,7-8,16-18,23H,4-6,9-14,22H2,(H,26,27)(H,28,29);4H,1-3H3;3H,1-2H3,(H,9,12,13);3H,1-2H3,(H,8,9)/t16-,17-,18-;;;/m0.../s1. The highest BCUT2D eigenvalue weighted by Crippen LogP contribution is 2.20. The van der Waals surface area contributed by atoms with Crippen molar-refractivity contribution >= 4 is 51.3 Å². The van der Waals surface area contributed by atoms with Crippen molar-refractivity contribution in [2.24, 2.45) is 55.1 Å². The molecule has 1 saturated heterocycles. The molecular weight excluding hydrogens is 903 g/mol. The minimum Gasteiger partial charge on any atom is -0.480 e. The molecule has 1 aromatic carbocycles. The molecule has 0 saturated carbocycles. The van der Waals surface area contributed by atoms with Crippen LogP contribution in [0, 0.1) is 0 Å². The number of unbranched alkanes of at least 4 members (excludes halogenated alkanes) is 1. The number of carboxylic acids is 2. The molecule has 0 spiro atoms. The van der Waals surface area contributed by atoms with Crippen LogP contribution in [-0.2, 0) is 70.1 Å². The molecule has 0 radical (unpaired) electrons. The van der Waals surface area contributed by atoms with E-state index in [4.69, 9.17) is 5.73 Å². The van der Waals surface area contributed by atoms with E-state index in [1.807, 2.05) is 30.3 Å². The summed E-state index contributed by atoms with van der Waals surface area (Å²) in [5.74, 6) is -2.37. The van der Waals surface area contributed by atoms with Gasteiger partial charge in [0.05, 0.1) is 25.0 Å². The number of amides is 1. The summed E-state index contributed by atoms with van der Waals surface area (Å²) in [7, 11) is 11.0. The number of imidazole rings is 3. The smallest absolute Gasteiger partial charge is 0.332 e. The maximum absolute atomic E-state index is 13.1. The van der Waals surface area contributed by atoms with Crippen molar-refractivity contribution in [3.05, 3.63) is 117 Å². The first-order chi connectivity index (χ1) is 32.7. The summed E-state index contributed by atoms with van der Waals surface area (Å²) in [6.45, 7) is 0.866. The first-order valence-electron chi connectivity index (χ1n) is 21.7. The Morgan fingerprint density at radius 2 is 1.33 bits per heavy atom. The molecule has 26 nitrogen and oxygen atoms in total. The molecular formula is C43H57N15O11. The zero-order chi connectivity index (χ0) is 50.9. The third-order valence-corrected chi connectivity index (χ3v) is 11.7. The van der Waals surface area contributed by atoms with Gasteiger partial charge in [-0.15, -0.1) is 0 Å². The molecule has 0 aliphatic carbocycles. The predicted octanol–water partition coefficient (Wildman–Crippen LogP) is -1.87. The third kappa shape index (κ3) is 11.6. The van der Waals surface area contributed by atoms with E-state index in [9.17, 15) is 53.4 Å². The number of aromatic nitrogens is 12. The molecule has 0 bridgehead atoms. The summed E-state index contributed by atoms with van der Waals surface area (Å²) in [5, 5.41) is 22.0. The van der Waals surface area contributed by atoms with Crippen molar-refractivity contribution in [2.45, 2.75) is 63.1 Å². The monoisotopic (exact) mass is 959 g/mol. The molecule has 8 rings (SSSR count). The number of carbonyl (C=O) groups is 3. The van der Waals surface area contributed by atoms with E-state index >= 15 is 0 Å². The molecule has 1 fully saturated rings. The number of H-pyrrole nitrogens is 2. The Morgan fingerprint density at radius 3 is 1.94 bits per heavy atom. The lowest BCUT2D eigenvalue weighted by Crippen LogP contribution is -2.54. The van der Waals surface area contributed by atoms with Crippen molar-refractivity contribution in [1.29, 1.82) is 0 Å². The number of benzene rings is 1. The summed E-state index contributed by atoms with van der Waals surface area (Å²) >= 11 is 0. The number of aryl methyl sites for hydroxylation is 6. The lowest BCUT2D eigenvalue weighted by atomic mass is 10.0. The number of nitrogens with two attached hydrogens (primary N) is 1. The first-order valence-corrected chi connectivity index (χ1v) is 21.7. The Hall–Kier alpha value is -8.00. The lowest BCUT2D eigenvalue weighted by molar-refractivity contribution is -0.149. The van der Waals surface area contributed by atoms with Crippen molar-refractivity contribution in [3.8, 4) is 0 Å². The Bertz CT molecular complexity index is 3330. The number of aromatic amines is 2. The van der Waals surface area contributed by atoms with Gasteiger partial charge in [0.15, 0.2) is 28.0 Å². The van der Waals surface area contributed by atoms with Crippen LogP contribution in [0.3, 0.4) is 0 Å². The van der Waals surface area contributed by atoms with Gasteiger partial charge in [-0.1, -0.05) is 36.8 Å². The second-order valence-electron chi connectivity index (χ2n) is 16.3. The maximum atomic E-state index is 13.1. The Kier molecular flexibility index (Phi) is 17.1. The number of aliphatic carboxylic acids is 2. The predicted molar refractivity (Wildman–Crippen MR) is 253 cm³/mol. The van der Waals surface area contributed by atoms with E-state index in [0.717, 1.165) is 21.1 Å². The van der Waals surface area contributed by atoms with E-state index in [1.165, 1.54) is 51.7 Å². The number of nitrogens with one attached hydrogen (secondary N) is 3. The minimum atomic E-state index is -1.02. The van der Waals surface area contributed by atoms with Gasteiger partial charge in [0.2, 0.25) is 5.91 Å². The second kappa shape index (κ2) is 22.7.